The molecular formula is C24H15F3N2O3. The van der Waals surface area contributed by atoms with Gasteiger partial charge in [-0.1, -0.05) is 24.3 Å². The zero-order chi connectivity index (χ0) is 22.3. The Morgan fingerprint density at radius 2 is 1.72 bits per heavy atom. The lowest BCUT2D eigenvalue weighted by molar-refractivity contribution is -0.137. The van der Waals surface area contributed by atoms with E-state index in [9.17, 15) is 18.0 Å². The summed E-state index contributed by atoms with van der Waals surface area (Å²) in [6.45, 7) is 0.134. The van der Waals surface area contributed by atoms with Gasteiger partial charge in [0.1, 0.15) is 0 Å². The zero-order valence-corrected chi connectivity index (χ0v) is 16.4. The van der Waals surface area contributed by atoms with Crippen molar-refractivity contribution in [2.75, 3.05) is 12.1 Å². The summed E-state index contributed by atoms with van der Waals surface area (Å²) >= 11 is 0. The third-order valence-corrected chi connectivity index (χ3v) is 5.08. The summed E-state index contributed by atoms with van der Waals surface area (Å²) in [5.74, 6) is 0.661. The van der Waals surface area contributed by atoms with Crippen molar-refractivity contribution >= 4 is 22.5 Å². The largest absolute Gasteiger partial charge is 0.454 e. The molecule has 3 aromatic carbocycles. The molecular weight excluding hydrogens is 421 g/mol. The SMILES string of the molecule is O=C(Nc1cccc(C(F)(F)F)c1)c1cc(-c2ccc3c(c2)OCO3)nc2ccccc12. The number of carbonyl (C=O) groups excluding carboxylic acids is 1. The number of aromatic nitrogens is 1. The number of benzene rings is 3. The Kier molecular flexibility index (Phi) is 4.70. The van der Waals surface area contributed by atoms with E-state index >= 15 is 0 Å². The van der Waals surface area contributed by atoms with Crippen molar-refractivity contribution in [3.8, 4) is 22.8 Å². The summed E-state index contributed by atoms with van der Waals surface area (Å²) in [6, 6.07) is 18.6. The van der Waals surface area contributed by atoms with Gasteiger partial charge in [-0.3, -0.25) is 4.79 Å². The number of amides is 1. The first kappa shape index (κ1) is 19.9. The molecule has 1 amide bonds. The maximum Gasteiger partial charge on any atom is 0.416 e. The molecule has 1 aliphatic rings. The van der Waals surface area contributed by atoms with Crippen LogP contribution in [0.25, 0.3) is 22.2 Å². The van der Waals surface area contributed by atoms with Crippen molar-refractivity contribution < 1.29 is 27.4 Å². The summed E-state index contributed by atoms with van der Waals surface area (Å²) in [7, 11) is 0. The molecule has 0 atom stereocenters. The van der Waals surface area contributed by atoms with E-state index in [4.69, 9.17) is 9.47 Å². The summed E-state index contributed by atoms with van der Waals surface area (Å²) in [5, 5.41) is 3.16. The van der Waals surface area contributed by atoms with Crippen LogP contribution in [0.1, 0.15) is 15.9 Å². The average molecular weight is 436 g/mol. The Bertz CT molecular complexity index is 1350. The van der Waals surface area contributed by atoms with Crippen LogP contribution in [0.15, 0.2) is 72.8 Å². The molecule has 0 bridgehead atoms. The van der Waals surface area contributed by atoms with E-state index in [0.717, 1.165) is 12.1 Å². The van der Waals surface area contributed by atoms with E-state index in [0.29, 0.717) is 39.2 Å². The summed E-state index contributed by atoms with van der Waals surface area (Å²) in [5.41, 5.74) is 1.33. The fourth-order valence-corrected chi connectivity index (χ4v) is 3.54. The van der Waals surface area contributed by atoms with Crippen molar-refractivity contribution in [1.82, 2.24) is 4.98 Å². The third-order valence-electron chi connectivity index (χ3n) is 5.08. The second kappa shape index (κ2) is 7.56. The fraction of sp³-hybridized carbons (Fsp3) is 0.0833. The smallest absolute Gasteiger partial charge is 0.416 e. The van der Waals surface area contributed by atoms with Gasteiger partial charge in [0.15, 0.2) is 11.5 Å². The minimum Gasteiger partial charge on any atom is -0.454 e. The lowest BCUT2D eigenvalue weighted by atomic mass is 10.0. The Balaban J connectivity index is 1.55. The lowest BCUT2D eigenvalue weighted by Crippen LogP contribution is -2.14. The van der Waals surface area contributed by atoms with Crippen molar-refractivity contribution in [2.45, 2.75) is 6.18 Å². The maximum absolute atomic E-state index is 13.1. The first-order valence-electron chi connectivity index (χ1n) is 9.67. The minimum absolute atomic E-state index is 0.0512. The van der Waals surface area contributed by atoms with E-state index in [-0.39, 0.29) is 12.5 Å². The molecule has 8 heteroatoms. The molecule has 1 aliphatic heterocycles. The average Bonchev–Trinajstić information content (AvgIpc) is 3.26. The van der Waals surface area contributed by atoms with E-state index in [1.165, 1.54) is 12.1 Å². The van der Waals surface area contributed by atoms with Gasteiger partial charge in [0.05, 0.1) is 22.3 Å². The van der Waals surface area contributed by atoms with Gasteiger partial charge < -0.3 is 14.8 Å². The molecule has 32 heavy (non-hydrogen) atoms. The number of anilines is 1. The van der Waals surface area contributed by atoms with Gasteiger partial charge in [0, 0.05) is 16.6 Å². The topological polar surface area (TPSA) is 60.5 Å². The Hall–Kier alpha value is -4.07. The van der Waals surface area contributed by atoms with Crippen LogP contribution in [-0.4, -0.2) is 17.7 Å². The number of ether oxygens (including phenoxy) is 2. The second-order valence-corrected chi connectivity index (χ2v) is 7.17. The maximum atomic E-state index is 13.1. The molecule has 0 spiro atoms. The number of hydrogen-bond acceptors (Lipinski definition) is 4. The lowest BCUT2D eigenvalue weighted by Gasteiger charge is -2.12. The van der Waals surface area contributed by atoms with Crippen molar-refractivity contribution in [2.24, 2.45) is 0 Å². The van der Waals surface area contributed by atoms with Gasteiger partial charge in [0.2, 0.25) is 6.79 Å². The molecule has 0 saturated heterocycles. The van der Waals surface area contributed by atoms with E-state index in [1.54, 1.807) is 48.5 Å². The van der Waals surface area contributed by atoms with Crippen molar-refractivity contribution in [3.63, 3.8) is 0 Å². The molecule has 4 aromatic rings. The summed E-state index contributed by atoms with van der Waals surface area (Å²) in [6.07, 6.45) is -4.50. The highest BCUT2D eigenvalue weighted by molar-refractivity contribution is 6.13. The highest BCUT2D eigenvalue weighted by atomic mass is 19.4. The predicted octanol–water partition coefficient (Wildman–Crippen LogP) is 5.90. The molecule has 0 aliphatic carbocycles. The van der Waals surface area contributed by atoms with Gasteiger partial charge >= 0.3 is 6.18 Å². The van der Waals surface area contributed by atoms with Crippen LogP contribution in [0, 0.1) is 0 Å². The normalized spacial score (nSPS) is 12.7. The zero-order valence-electron chi connectivity index (χ0n) is 16.4. The first-order chi connectivity index (χ1) is 15.4. The molecule has 160 valence electrons. The third kappa shape index (κ3) is 3.71. The summed E-state index contributed by atoms with van der Waals surface area (Å²) < 4.78 is 49.9. The second-order valence-electron chi connectivity index (χ2n) is 7.17. The van der Waals surface area contributed by atoms with Crippen molar-refractivity contribution in [3.05, 3.63) is 83.9 Å². The number of halogens is 3. The van der Waals surface area contributed by atoms with Crippen LogP contribution in [0.3, 0.4) is 0 Å². The van der Waals surface area contributed by atoms with Gasteiger partial charge in [-0.2, -0.15) is 13.2 Å². The molecule has 1 aromatic heterocycles. The number of nitrogens with zero attached hydrogens (tertiary/aromatic N) is 1. The van der Waals surface area contributed by atoms with Gasteiger partial charge in [-0.25, -0.2) is 4.98 Å². The Morgan fingerprint density at radius 1 is 0.906 bits per heavy atom. The first-order valence-corrected chi connectivity index (χ1v) is 9.67. The fourth-order valence-electron chi connectivity index (χ4n) is 3.54. The molecule has 0 unspecified atom stereocenters. The highest BCUT2D eigenvalue weighted by Gasteiger charge is 2.30. The van der Waals surface area contributed by atoms with Crippen LogP contribution < -0.4 is 14.8 Å². The number of alkyl halides is 3. The molecule has 2 heterocycles. The number of pyridine rings is 1. The van der Waals surface area contributed by atoms with E-state index in [1.807, 2.05) is 0 Å². The van der Waals surface area contributed by atoms with E-state index < -0.39 is 17.6 Å². The Morgan fingerprint density at radius 3 is 2.56 bits per heavy atom. The molecule has 5 nitrogen and oxygen atoms in total. The molecule has 5 rings (SSSR count). The molecule has 0 fully saturated rings. The predicted molar refractivity (Wildman–Crippen MR) is 113 cm³/mol. The number of rotatable bonds is 3. The van der Waals surface area contributed by atoms with Crippen LogP contribution in [0.4, 0.5) is 18.9 Å². The monoisotopic (exact) mass is 436 g/mol. The van der Waals surface area contributed by atoms with Crippen LogP contribution >= 0.6 is 0 Å². The minimum atomic E-state index is -4.50. The van der Waals surface area contributed by atoms with Gasteiger partial charge in [-0.15, -0.1) is 0 Å². The number of nitrogens with one attached hydrogen (secondary N) is 1. The number of para-hydroxylation sites is 1. The van der Waals surface area contributed by atoms with Gasteiger partial charge in [0.25, 0.3) is 5.91 Å². The Labute approximate surface area is 180 Å². The van der Waals surface area contributed by atoms with Crippen LogP contribution in [0.5, 0.6) is 11.5 Å². The molecule has 0 radical (unpaired) electrons. The number of carbonyl (C=O) groups is 1. The molecule has 1 N–H and O–H groups in total. The van der Waals surface area contributed by atoms with Crippen LogP contribution in [0.2, 0.25) is 0 Å². The van der Waals surface area contributed by atoms with Crippen LogP contribution in [-0.2, 0) is 6.18 Å². The number of fused-ring (bicyclic) bond motifs is 2. The molecule has 0 saturated carbocycles. The quantitative estimate of drug-likeness (QED) is 0.434. The van der Waals surface area contributed by atoms with Gasteiger partial charge in [-0.05, 0) is 48.5 Å². The standard InChI is InChI=1S/C24H15F3N2O3/c25-24(26,27)15-4-3-5-16(11-15)28-23(30)18-12-20(29-19-7-2-1-6-17(18)19)14-8-9-21-22(10-14)32-13-31-21/h1-12H,13H2,(H,28,30). The highest BCUT2D eigenvalue weighted by Crippen LogP contribution is 2.36. The van der Waals surface area contributed by atoms with E-state index in [2.05, 4.69) is 10.3 Å². The summed E-state index contributed by atoms with van der Waals surface area (Å²) in [4.78, 5) is 17.7. The number of hydrogen-bond donors (Lipinski definition) is 1. The van der Waals surface area contributed by atoms with Crippen molar-refractivity contribution in [1.29, 1.82) is 0 Å².